The Labute approximate surface area is 153 Å². The molecule has 1 aliphatic rings. The molecule has 0 saturated carbocycles. The lowest BCUT2D eigenvalue weighted by atomic mass is 10.2. The maximum Gasteiger partial charge on any atom is 0.269 e. The summed E-state index contributed by atoms with van der Waals surface area (Å²) in [6.45, 7) is 2.78. The van der Waals surface area contributed by atoms with Crippen LogP contribution in [0, 0.1) is 0 Å². The van der Waals surface area contributed by atoms with Crippen molar-refractivity contribution in [2.45, 2.75) is 19.8 Å². The van der Waals surface area contributed by atoms with E-state index in [1.54, 1.807) is 6.07 Å². The van der Waals surface area contributed by atoms with Crippen LogP contribution in [0.4, 0.5) is 0 Å². The summed E-state index contributed by atoms with van der Waals surface area (Å²) in [6.07, 6.45) is 1.21. The van der Waals surface area contributed by atoms with Crippen LogP contribution in [0.3, 0.4) is 0 Å². The number of carbonyl (C=O) groups is 3. The van der Waals surface area contributed by atoms with Gasteiger partial charge in [-0.2, -0.15) is 0 Å². The van der Waals surface area contributed by atoms with Crippen molar-refractivity contribution in [3.63, 3.8) is 0 Å². The molecule has 0 atom stereocenters. The molecule has 9 heteroatoms. The fourth-order valence-corrected chi connectivity index (χ4v) is 2.97. The number of benzene rings is 1. The number of hydrogen-bond acceptors (Lipinski definition) is 5. The van der Waals surface area contributed by atoms with Crippen LogP contribution in [0.25, 0.3) is 0 Å². The van der Waals surface area contributed by atoms with Crippen LogP contribution in [0.2, 0.25) is 0 Å². The highest BCUT2D eigenvalue weighted by atomic mass is 79.9. The minimum absolute atomic E-state index is 0.0540. The van der Waals surface area contributed by atoms with Crippen LogP contribution < -0.4 is 20.3 Å². The molecule has 0 radical (unpaired) electrons. The highest BCUT2D eigenvalue weighted by Gasteiger charge is 2.22. The van der Waals surface area contributed by atoms with Crippen LogP contribution in [-0.2, 0) is 9.59 Å². The number of likely N-dealkylation sites (tertiary alicyclic amines) is 1. The SMILES string of the molecule is CCOc1c(Br)cc(C(=O)NNC(=O)CN2CCCC2=O)cc1OC. The fraction of sp³-hybridized carbons (Fsp3) is 0.438. The molecule has 2 N–H and O–H groups in total. The molecule has 1 fully saturated rings. The average Bonchev–Trinajstić information content (AvgIpc) is 2.99. The molecular weight excluding hydrogens is 394 g/mol. The maximum atomic E-state index is 12.2. The third-order valence-corrected chi connectivity index (χ3v) is 4.19. The number of ether oxygens (including phenoxy) is 2. The first-order valence-corrected chi connectivity index (χ1v) is 8.62. The first-order chi connectivity index (χ1) is 12.0. The Bertz CT molecular complexity index is 680. The van der Waals surface area contributed by atoms with E-state index >= 15 is 0 Å². The van der Waals surface area contributed by atoms with Gasteiger partial charge in [-0.15, -0.1) is 0 Å². The third kappa shape index (κ3) is 4.85. The van der Waals surface area contributed by atoms with Crippen molar-refractivity contribution in [1.29, 1.82) is 0 Å². The van der Waals surface area contributed by atoms with Crippen molar-refractivity contribution in [3.8, 4) is 11.5 Å². The summed E-state index contributed by atoms with van der Waals surface area (Å²) in [5.41, 5.74) is 4.91. The molecule has 136 valence electrons. The summed E-state index contributed by atoms with van der Waals surface area (Å²) in [5, 5.41) is 0. The van der Waals surface area contributed by atoms with Gasteiger partial charge in [-0.25, -0.2) is 0 Å². The number of halogens is 1. The molecule has 0 unspecified atom stereocenters. The van der Waals surface area contributed by atoms with Crippen molar-refractivity contribution in [2.24, 2.45) is 0 Å². The van der Waals surface area contributed by atoms with Crippen LogP contribution >= 0.6 is 15.9 Å². The Morgan fingerprint density at radius 1 is 1.32 bits per heavy atom. The lowest BCUT2D eigenvalue weighted by Crippen LogP contribution is -2.46. The average molecular weight is 414 g/mol. The van der Waals surface area contributed by atoms with Gasteiger partial charge in [0.05, 0.1) is 18.2 Å². The van der Waals surface area contributed by atoms with E-state index in [4.69, 9.17) is 9.47 Å². The molecule has 3 amide bonds. The number of methoxy groups -OCH3 is 1. The highest BCUT2D eigenvalue weighted by molar-refractivity contribution is 9.10. The number of nitrogens with one attached hydrogen (secondary N) is 2. The second kappa shape index (κ2) is 8.70. The van der Waals surface area contributed by atoms with E-state index in [1.807, 2.05) is 6.92 Å². The Hall–Kier alpha value is -2.29. The van der Waals surface area contributed by atoms with Gasteiger partial charge < -0.3 is 14.4 Å². The second-order valence-corrected chi connectivity index (χ2v) is 6.20. The van der Waals surface area contributed by atoms with E-state index < -0.39 is 11.8 Å². The van der Waals surface area contributed by atoms with E-state index in [9.17, 15) is 14.4 Å². The monoisotopic (exact) mass is 413 g/mol. The normalized spacial score (nSPS) is 13.6. The zero-order valence-electron chi connectivity index (χ0n) is 14.1. The molecule has 0 aliphatic carbocycles. The van der Waals surface area contributed by atoms with Gasteiger partial charge in [0.15, 0.2) is 11.5 Å². The van der Waals surface area contributed by atoms with Gasteiger partial charge in [-0.05, 0) is 41.4 Å². The van der Waals surface area contributed by atoms with Gasteiger partial charge in [0, 0.05) is 18.5 Å². The summed E-state index contributed by atoms with van der Waals surface area (Å²) < 4.78 is 11.3. The van der Waals surface area contributed by atoms with Crippen molar-refractivity contribution in [1.82, 2.24) is 15.8 Å². The number of nitrogens with zero attached hydrogens (tertiary/aromatic N) is 1. The standard InChI is InChI=1S/C16H20BrN3O5/c1-3-25-15-11(17)7-10(8-12(15)24-2)16(23)19-18-13(21)9-20-6-4-5-14(20)22/h7-8H,3-6,9H2,1-2H3,(H,18,21)(H,19,23). The van der Waals surface area contributed by atoms with Crippen molar-refractivity contribution in [3.05, 3.63) is 22.2 Å². The van der Waals surface area contributed by atoms with Crippen molar-refractivity contribution >= 4 is 33.7 Å². The smallest absolute Gasteiger partial charge is 0.269 e. The third-order valence-electron chi connectivity index (χ3n) is 3.60. The minimum atomic E-state index is -0.511. The van der Waals surface area contributed by atoms with Crippen LogP contribution in [0.1, 0.15) is 30.1 Å². The summed E-state index contributed by atoms with van der Waals surface area (Å²) in [7, 11) is 1.47. The number of amides is 3. The fourth-order valence-electron chi connectivity index (χ4n) is 2.42. The topological polar surface area (TPSA) is 97.0 Å². The quantitative estimate of drug-likeness (QED) is 0.683. The number of hydrogen-bond donors (Lipinski definition) is 2. The lowest BCUT2D eigenvalue weighted by Gasteiger charge is -2.16. The second-order valence-electron chi connectivity index (χ2n) is 5.34. The lowest BCUT2D eigenvalue weighted by molar-refractivity contribution is -0.133. The number of hydrazine groups is 1. The van der Waals surface area contributed by atoms with Crippen LogP contribution in [0.5, 0.6) is 11.5 Å². The molecule has 0 spiro atoms. The van der Waals surface area contributed by atoms with Gasteiger partial charge in [0.2, 0.25) is 5.91 Å². The predicted molar refractivity (Wildman–Crippen MR) is 93.3 cm³/mol. The largest absolute Gasteiger partial charge is 0.493 e. The molecule has 0 bridgehead atoms. The van der Waals surface area contributed by atoms with E-state index in [-0.39, 0.29) is 18.0 Å². The summed E-state index contributed by atoms with van der Waals surface area (Å²) in [6, 6.07) is 3.08. The summed E-state index contributed by atoms with van der Waals surface area (Å²) >= 11 is 3.34. The molecule has 1 saturated heterocycles. The van der Waals surface area contributed by atoms with Crippen LogP contribution in [-0.4, -0.2) is 49.4 Å². The Kier molecular flexibility index (Phi) is 6.63. The van der Waals surface area contributed by atoms with E-state index in [2.05, 4.69) is 26.8 Å². The van der Waals surface area contributed by atoms with E-state index in [1.165, 1.54) is 18.1 Å². The Morgan fingerprint density at radius 3 is 2.68 bits per heavy atom. The number of rotatable bonds is 6. The first kappa shape index (κ1) is 19.0. The van der Waals surface area contributed by atoms with Crippen molar-refractivity contribution < 1.29 is 23.9 Å². The highest BCUT2D eigenvalue weighted by Crippen LogP contribution is 2.36. The molecule has 1 aromatic carbocycles. The molecule has 25 heavy (non-hydrogen) atoms. The minimum Gasteiger partial charge on any atom is -0.493 e. The molecule has 2 rings (SSSR count). The zero-order chi connectivity index (χ0) is 18.4. The van der Waals surface area contributed by atoms with Gasteiger partial charge in [-0.1, -0.05) is 0 Å². The summed E-state index contributed by atoms with van der Waals surface area (Å²) in [5.74, 6) is -0.126. The van der Waals surface area contributed by atoms with Crippen LogP contribution in [0.15, 0.2) is 16.6 Å². The Morgan fingerprint density at radius 2 is 2.08 bits per heavy atom. The Balaban J connectivity index is 1.97. The molecule has 8 nitrogen and oxygen atoms in total. The van der Waals surface area contributed by atoms with Gasteiger partial charge in [0.1, 0.15) is 6.54 Å². The molecule has 1 aromatic rings. The first-order valence-electron chi connectivity index (χ1n) is 7.83. The molecule has 1 aliphatic heterocycles. The summed E-state index contributed by atoms with van der Waals surface area (Å²) in [4.78, 5) is 37.0. The van der Waals surface area contributed by atoms with Crippen molar-refractivity contribution in [2.75, 3.05) is 26.8 Å². The predicted octanol–water partition coefficient (Wildman–Crippen LogP) is 1.24. The number of carbonyl (C=O) groups excluding carboxylic acids is 3. The molecular formula is C16H20BrN3O5. The zero-order valence-corrected chi connectivity index (χ0v) is 15.6. The maximum absolute atomic E-state index is 12.2. The van der Waals surface area contributed by atoms with E-state index in [0.717, 1.165) is 6.42 Å². The molecule has 1 heterocycles. The van der Waals surface area contributed by atoms with Gasteiger partial charge >= 0.3 is 0 Å². The van der Waals surface area contributed by atoms with Gasteiger partial charge in [-0.3, -0.25) is 25.2 Å². The van der Waals surface area contributed by atoms with E-state index in [0.29, 0.717) is 35.5 Å². The molecule has 0 aromatic heterocycles. The van der Waals surface area contributed by atoms with Gasteiger partial charge in [0.25, 0.3) is 11.8 Å².